The van der Waals surface area contributed by atoms with E-state index < -0.39 is 0 Å². The third kappa shape index (κ3) is 4.20. The van der Waals surface area contributed by atoms with Crippen molar-refractivity contribution in [2.75, 3.05) is 24.2 Å². The molecule has 1 amide bonds. The lowest BCUT2D eigenvalue weighted by molar-refractivity contribution is 0.0998. The fraction of sp³-hybridized carbons (Fsp3) is 0.238. The number of hydrogen-bond acceptors (Lipinski definition) is 6. The summed E-state index contributed by atoms with van der Waals surface area (Å²) < 4.78 is 12.4. The van der Waals surface area contributed by atoms with Gasteiger partial charge in [0, 0.05) is 28.1 Å². The molecule has 1 aliphatic rings. The van der Waals surface area contributed by atoms with Crippen molar-refractivity contribution >= 4 is 50.5 Å². The van der Waals surface area contributed by atoms with E-state index in [-0.39, 0.29) is 5.91 Å². The first-order valence-corrected chi connectivity index (χ1v) is 11.1. The van der Waals surface area contributed by atoms with Gasteiger partial charge in [-0.25, -0.2) is 0 Å². The van der Waals surface area contributed by atoms with Crippen LogP contribution in [0.25, 0.3) is 11.0 Å². The molecule has 1 N–H and O–H groups in total. The molecule has 1 aliphatic heterocycles. The van der Waals surface area contributed by atoms with E-state index in [4.69, 9.17) is 9.15 Å². The third-order valence-corrected chi connectivity index (χ3v) is 6.50. The molecule has 144 valence electrons. The third-order valence-electron chi connectivity index (χ3n) is 4.23. The van der Waals surface area contributed by atoms with Crippen molar-refractivity contribution in [2.45, 2.75) is 12.7 Å². The van der Waals surface area contributed by atoms with E-state index >= 15 is 0 Å². The number of thioether (sulfide) groups is 2. The second-order valence-corrected chi connectivity index (χ2v) is 8.41. The standard InChI is InChI=1S/C21H20N2O3S2/c1-2-25-15-9-7-14(8-10-15)23-20(24)19-17(13-28-21-22-11-12-27-21)16-5-3-4-6-18(16)26-19/h3-10H,2,11-13H2,1H3,(H,23,24). The predicted octanol–water partition coefficient (Wildman–Crippen LogP) is 5.42. The van der Waals surface area contributed by atoms with E-state index in [2.05, 4.69) is 10.3 Å². The van der Waals surface area contributed by atoms with Gasteiger partial charge in [0.2, 0.25) is 0 Å². The van der Waals surface area contributed by atoms with Gasteiger partial charge < -0.3 is 14.5 Å². The van der Waals surface area contributed by atoms with E-state index in [1.807, 2.05) is 55.5 Å². The van der Waals surface area contributed by atoms with Gasteiger partial charge in [-0.3, -0.25) is 9.79 Å². The zero-order valence-corrected chi connectivity index (χ0v) is 17.1. The molecule has 0 fully saturated rings. The maximum absolute atomic E-state index is 12.9. The maximum atomic E-state index is 12.9. The molecule has 7 heteroatoms. The highest BCUT2D eigenvalue weighted by atomic mass is 32.2. The number of carbonyl (C=O) groups is 1. The largest absolute Gasteiger partial charge is 0.494 e. The molecule has 1 aromatic heterocycles. The Morgan fingerprint density at radius 3 is 2.82 bits per heavy atom. The van der Waals surface area contributed by atoms with Crippen LogP contribution in [0, 0.1) is 0 Å². The number of hydrogen-bond donors (Lipinski definition) is 1. The SMILES string of the molecule is CCOc1ccc(NC(=O)c2oc3ccccc3c2CSC2=NCCS2)cc1. The second kappa shape index (κ2) is 8.75. The molecule has 28 heavy (non-hydrogen) atoms. The number of furan rings is 1. The number of amides is 1. The molecule has 0 saturated carbocycles. The van der Waals surface area contributed by atoms with E-state index in [1.165, 1.54) is 0 Å². The van der Waals surface area contributed by atoms with Crippen LogP contribution in [0.4, 0.5) is 5.69 Å². The van der Waals surface area contributed by atoms with Crippen molar-refractivity contribution in [1.29, 1.82) is 0 Å². The van der Waals surface area contributed by atoms with E-state index in [0.29, 0.717) is 23.8 Å². The molecule has 2 heterocycles. The average molecular weight is 413 g/mol. The minimum atomic E-state index is -0.253. The summed E-state index contributed by atoms with van der Waals surface area (Å²) in [5.74, 6) is 2.55. The highest BCUT2D eigenvalue weighted by Crippen LogP contribution is 2.33. The number of anilines is 1. The van der Waals surface area contributed by atoms with Gasteiger partial charge in [0.25, 0.3) is 5.91 Å². The number of nitrogens with zero attached hydrogens (tertiary/aromatic N) is 1. The van der Waals surface area contributed by atoms with Gasteiger partial charge in [-0.1, -0.05) is 41.7 Å². The normalized spacial score (nSPS) is 13.5. The number of aliphatic imine (C=N–C) groups is 1. The summed E-state index contributed by atoms with van der Waals surface area (Å²) in [7, 11) is 0. The molecule has 4 rings (SSSR count). The molecule has 0 atom stereocenters. The van der Waals surface area contributed by atoms with Gasteiger partial charge in [-0.05, 0) is 37.3 Å². The van der Waals surface area contributed by atoms with Crippen LogP contribution < -0.4 is 10.1 Å². The number of carbonyl (C=O) groups excluding carboxylic acids is 1. The zero-order valence-electron chi connectivity index (χ0n) is 15.4. The fourth-order valence-electron chi connectivity index (χ4n) is 2.95. The second-order valence-electron chi connectivity index (χ2n) is 6.10. The van der Waals surface area contributed by atoms with Gasteiger partial charge in [0.1, 0.15) is 15.7 Å². The summed E-state index contributed by atoms with van der Waals surface area (Å²) in [5, 5.41) is 3.89. The quantitative estimate of drug-likeness (QED) is 0.586. The summed E-state index contributed by atoms with van der Waals surface area (Å²) in [6.07, 6.45) is 0. The lowest BCUT2D eigenvalue weighted by atomic mass is 10.1. The summed E-state index contributed by atoms with van der Waals surface area (Å²) >= 11 is 3.42. The van der Waals surface area contributed by atoms with Crippen LogP contribution in [-0.4, -0.2) is 29.2 Å². The molecule has 0 unspecified atom stereocenters. The van der Waals surface area contributed by atoms with Crippen LogP contribution in [0.1, 0.15) is 23.0 Å². The Morgan fingerprint density at radius 2 is 2.07 bits per heavy atom. The Morgan fingerprint density at radius 1 is 1.25 bits per heavy atom. The fourth-order valence-corrected chi connectivity index (χ4v) is 4.99. The van der Waals surface area contributed by atoms with Crippen LogP contribution in [-0.2, 0) is 5.75 Å². The highest BCUT2D eigenvalue weighted by molar-refractivity contribution is 8.38. The number of fused-ring (bicyclic) bond motifs is 1. The van der Waals surface area contributed by atoms with Crippen molar-refractivity contribution in [2.24, 2.45) is 4.99 Å². The Bertz CT molecular complexity index is 1010. The molecular weight excluding hydrogens is 392 g/mol. The molecule has 5 nitrogen and oxygen atoms in total. The number of benzene rings is 2. The van der Waals surface area contributed by atoms with Gasteiger partial charge >= 0.3 is 0 Å². The van der Waals surface area contributed by atoms with E-state index in [1.54, 1.807) is 23.5 Å². The lowest BCUT2D eigenvalue weighted by Gasteiger charge is -2.07. The summed E-state index contributed by atoms with van der Waals surface area (Å²) in [5.41, 5.74) is 2.32. The summed E-state index contributed by atoms with van der Waals surface area (Å²) in [4.78, 5) is 17.4. The molecule has 0 aliphatic carbocycles. The molecular formula is C21H20N2O3S2. The lowest BCUT2D eigenvalue weighted by Crippen LogP contribution is -2.12. The number of para-hydroxylation sites is 1. The molecule has 0 bridgehead atoms. The smallest absolute Gasteiger partial charge is 0.291 e. The Kier molecular flexibility index (Phi) is 5.92. The van der Waals surface area contributed by atoms with Crippen molar-refractivity contribution < 1.29 is 13.9 Å². The maximum Gasteiger partial charge on any atom is 0.291 e. The monoisotopic (exact) mass is 412 g/mol. The van der Waals surface area contributed by atoms with Crippen LogP contribution in [0.15, 0.2) is 57.9 Å². The van der Waals surface area contributed by atoms with E-state index in [9.17, 15) is 4.79 Å². The van der Waals surface area contributed by atoms with Crippen molar-refractivity contribution in [3.8, 4) is 5.75 Å². The Hall–Kier alpha value is -2.38. The van der Waals surface area contributed by atoms with Gasteiger partial charge in [0.15, 0.2) is 5.76 Å². The summed E-state index contributed by atoms with van der Waals surface area (Å²) in [6, 6.07) is 15.1. The predicted molar refractivity (Wildman–Crippen MR) is 118 cm³/mol. The number of ether oxygens (including phenoxy) is 1. The van der Waals surface area contributed by atoms with E-state index in [0.717, 1.165) is 39.0 Å². The van der Waals surface area contributed by atoms with Gasteiger partial charge in [-0.2, -0.15) is 0 Å². The van der Waals surface area contributed by atoms with Crippen LogP contribution in [0.2, 0.25) is 0 Å². The number of nitrogens with one attached hydrogen (secondary N) is 1. The molecule has 2 aromatic carbocycles. The Balaban J connectivity index is 1.57. The van der Waals surface area contributed by atoms with Crippen molar-refractivity contribution in [1.82, 2.24) is 0 Å². The first-order chi connectivity index (χ1) is 13.7. The first-order valence-electron chi connectivity index (χ1n) is 9.09. The first kappa shape index (κ1) is 19.0. The Labute approximate surface area is 171 Å². The zero-order chi connectivity index (χ0) is 19.3. The van der Waals surface area contributed by atoms with Gasteiger partial charge in [-0.15, -0.1) is 0 Å². The minimum Gasteiger partial charge on any atom is -0.494 e. The molecule has 0 saturated heterocycles. The summed E-state index contributed by atoms with van der Waals surface area (Å²) in [6.45, 7) is 3.41. The van der Waals surface area contributed by atoms with Gasteiger partial charge in [0.05, 0.1) is 13.2 Å². The van der Waals surface area contributed by atoms with Crippen molar-refractivity contribution in [3.63, 3.8) is 0 Å². The van der Waals surface area contributed by atoms with Crippen LogP contribution >= 0.6 is 23.5 Å². The minimum absolute atomic E-state index is 0.253. The van der Waals surface area contributed by atoms with Crippen LogP contribution in [0.5, 0.6) is 5.75 Å². The molecule has 0 spiro atoms. The molecule has 0 radical (unpaired) electrons. The van der Waals surface area contributed by atoms with Crippen molar-refractivity contribution in [3.05, 3.63) is 59.9 Å². The average Bonchev–Trinajstić information content (AvgIpc) is 3.35. The number of rotatable bonds is 6. The molecule has 3 aromatic rings. The topological polar surface area (TPSA) is 63.8 Å². The van der Waals surface area contributed by atoms with Crippen LogP contribution in [0.3, 0.4) is 0 Å². The highest BCUT2D eigenvalue weighted by Gasteiger charge is 2.22.